The van der Waals surface area contributed by atoms with Gasteiger partial charge in [-0.2, -0.15) is 0 Å². The van der Waals surface area contributed by atoms with Gasteiger partial charge in [-0.3, -0.25) is 0 Å². The Bertz CT molecular complexity index is 730. The van der Waals surface area contributed by atoms with Crippen LogP contribution in [0, 0.1) is 10.8 Å². The van der Waals surface area contributed by atoms with Crippen LogP contribution in [0.1, 0.15) is 0 Å². The second-order valence-corrected chi connectivity index (χ2v) is 33.4. The van der Waals surface area contributed by atoms with Crippen molar-refractivity contribution in [3.63, 3.8) is 0 Å². The molecule has 2 rings (SSSR count). The Kier molecular flexibility index (Phi) is 12.7. The molecule has 0 unspecified atom stereocenters. The Morgan fingerprint density at radius 3 is 1.12 bits per heavy atom. The summed E-state index contributed by atoms with van der Waals surface area (Å²) in [4.78, 5) is 5.84. The number of benzene rings is 2. The molecule has 0 radical (unpaired) electrons. The third kappa shape index (κ3) is 13.1. The van der Waals surface area contributed by atoms with Crippen LogP contribution in [0.25, 0.3) is 9.95 Å². The zero-order valence-electron chi connectivity index (χ0n) is 12.0. The zero-order valence-corrected chi connectivity index (χ0v) is 21.0. The number of halogens is 8. The molecule has 0 aliphatic rings. The van der Waals surface area contributed by atoms with Gasteiger partial charge in [-0.25, -0.2) is 0 Å². The first-order valence-electron chi connectivity index (χ1n) is 6.15. The molecule has 0 heterocycles. The first-order chi connectivity index (χ1) is 11.5. The van der Waals surface area contributed by atoms with Crippen molar-refractivity contribution in [3.05, 3.63) is 66.4 Å². The van der Waals surface area contributed by atoms with Gasteiger partial charge in [0.25, 0.3) is 0 Å². The molecular weight excluding hydrogens is 549 g/mol. The molecule has 132 valence electrons. The molecule has 13 heteroatoms. The number of diazo groups is 2. The van der Waals surface area contributed by atoms with Gasteiger partial charge in [0.2, 0.25) is 10.8 Å². The van der Waals surface area contributed by atoms with Crippen molar-refractivity contribution in [2.45, 2.75) is 0 Å². The van der Waals surface area contributed by atoms with Crippen LogP contribution in [0.5, 0.6) is 0 Å². The number of hydrogen-bond donors (Lipinski definition) is 0. The van der Waals surface area contributed by atoms with Gasteiger partial charge in [-0.1, -0.05) is 46.4 Å². The van der Waals surface area contributed by atoms with Crippen LogP contribution < -0.4 is 0 Å². The Labute approximate surface area is 183 Å². The summed E-state index contributed by atoms with van der Waals surface area (Å²) in [6.45, 7) is 0. The van der Waals surface area contributed by atoms with Crippen LogP contribution in [-0.4, -0.2) is 0 Å². The van der Waals surface area contributed by atoms with Crippen molar-refractivity contribution >= 4 is 96.5 Å². The molecule has 0 atom stereocenters. The molecular formula is C12H6Cl8N4Zn. The van der Waals surface area contributed by atoms with E-state index in [2.05, 4.69) is 9.95 Å². The summed E-state index contributed by atoms with van der Waals surface area (Å²) >= 11 is 22.3. The molecule has 4 nitrogen and oxygen atoms in total. The molecule has 0 aromatic heterocycles. The molecule has 0 N–H and O–H groups in total. The van der Waals surface area contributed by atoms with Crippen molar-refractivity contribution in [2.75, 3.05) is 0 Å². The van der Waals surface area contributed by atoms with Crippen LogP contribution >= 0.6 is 85.2 Å². The van der Waals surface area contributed by atoms with Crippen molar-refractivity contribution in [1.29, 1.82) is 10.8 Å². The monoisotopic (exact) mass is 550 g/mol. The van der Waals surface area contributed by atoms with Gasteiger partial charge in [0.05, 0.1) is 0 Å². The van der Waals surface area contributed by atoms with E-state index in [1.54, 1.807) is 12.1 Å². The maximum atomic E-state index is 8.31. The summed E-state index contributed by atoms with van der Waals surface area (Å²) < 4.78 is 0. The minimum absolute atomic E-state index is 0.325. The Hall–Kier alpha value is 0.223. The summed E-state index contributed by atoms with van der Waals surface area (Å²) in [7, 11) is 16.8. The average Bonchev–Trinajstić information content (AvgIpc) is 2.46. The predicted molar refractivity (Wildman–Crippen MR) is 106 cm³/mol. The maximum absolute atomic E-state index is 8.31. The SMILES string of the molecule is N#[N+]c1ccc(Cl)cc1Cl.N#[N+]c1ccc(Cl)cc1Cl.[Cl][Zn-2]([Cl])([Cl])[Cl]. The van der Waals surface area contributed by atoms with Crippen LogP contribution in [-0.2, 0) is 10.8 Å². The zero-order chi connectivity index (χ0) is 19.6. The van der Waals surface area contributed by atoms with E-state index in [-0.39, 0.29) is 0 Å². The second-order valence-electron chi connectivity index (χ2n) is 4.00. The molecule has 0 saturated carbocycles. The van der Waals surface area contributed by atoms with Crippen LogP contribution in [0.2, 0.25) is 20.1 Å². The number of hydrogen-bond acceptors (Lipinski definition) is 2. The van der Waals surface area contributed by atoms with Crippen molar-refractivity contribution < 1.29 is 10.8 Å². The second kappa shape index (κ2) is 12.6. The van der Waals surface area contributed by atoms with E-state index in [0.717, 1.165) is 0 Å². The first-order valence-corrected chi connectivity index (χ1v) is 23.3. The van der Waals surface area contributed by atoms with Gasteiger partial charge in [0.1, 0.15) is 10.0 Å². The number of rotatable bonds is 0. The summed E-state index contributed by atoms with van der Waals surface area (Å²) in [6.07, 6.45) is 0. The van der Waals surface area contributed by atoms with Gasteiger partial charge in [0.15, 0.2) is 9.95 Å². The van der Waals surface area contributed by atoms with Gasteiger partial charge in [0, 0.05) is 22.2 Å². The Balaban J connectivity index is 0.000000368. The minimum atomic E-state index is -3.36. The molecule has 0 fully saturated rings. The van der Waals surface area contributed by atoms with E-state index in [1.165, 1.54) is 24.3 Å². The van der Waals surface area contributed by atoms with E-state index in [0.29, 0.717) is 31.5 Å². The quantitative estimate of drug-likeness (QED) is 0.240. The third-order valence-corrected chi connectivity index (χ3v) is 3.11. The summed E-state index contributed by atoms with van der Waals surface area (Å²) in [5, 5.41) is 18.3. The molecule has 0 amide bonds. The fourth-order valence-electron chi connectivity index (χ4n) is 1.12. The first kappa shape index (κ1) is 25.2. The van der Waals surface area contributed by atoms with Gasteiger partial charge in [-0.15, -0.1) is 0 Å². The molecule has 0 spiro atoms. The van der Waals surface area contributed by atoms with E-state index >= 15 is 0 Å². The van der Waals surface area contributed by atoms with Crippen molar-refractivity contribution in [1.82, 2.24) is 0 Å². The fraction of sp³-hybridized carbons (Fsp3) is 0. The Morgan fingerprint density at radius 1 is 0.640 bits per heavy atom. The summed E-state index contributed by atoms with van der Waals surface area (Å²) in [5.74, 6) is 0. The molecule has 25 heavy (non-hydrogen) atoms. The van der Waals surface area contributed by atoms with Crippen LogP contribution in [0.3, 0.4) is 0 Å². The van der Waals surface area contributed by atoms with Crippen molar-refractivity contribution in [3.8, 4) is 0 Å². The van der Waals surface area contributed by atoms with Crippen LogP contribution in [0.4, 0.5) is 11.4 Å². The topological polar surface area (TPSA) is 56.3 Å². The van der Waals surface area contributed by atoms with Crippen molar-refractivity contribution in [2.24, 2.45) is 0 Å². The predicted octanol–water partition coefficient (Wildman–Crippen LogP) is 9.71. The molecule has 0 aliphatic heterocycles. The average molecular weight is 555 g/mol. The van der Waals surface area contributed by atoms with Crippen LogP contribution in [0.15, 0.2) is 36.4 Å². The van der Waals surface area contributed by atoms with Gasteiger partial charge < -0.3 is 0 Å². The molecule has 0 bridgehead atoms. The normalized spacial score (nSPS) is 9.52. The summed E-state index contributed by atoms with van der Waals surface area (Å²) in [5.41, 5.74) is 0.650. The van der Waals surface area contributed by atoms with Gasteiger partial charge >= 0.3 is 61.0 Å². The number of nitrogens with zero attached hydrogens (tertiary/aromatic N) is 4. The third-order valence-electron chi connectivity index (χ3n) is 2.03. The van der Waals surface area contributed by atoms with E-state index < -0.39 is 10.8 Å². The van der Waals surface area contributed by atoms with E-state index in [4.69, 9.17) is 96.0 Å². The molecule has 2 aromatic rings. The summed E-state index contributed by atoms with van der Waals surface area (Å²) in [6, 6.07) is 9.29. The molecule has 0 aliphatic carbocycles. The standard InChI is InChI=1S/2C6H3Cl2N2.4ClH.Zn/c2*7-4-1-2-6(10-9)5(8)3-4;;;;;/h2*1-3H;4*1H;/q2*+1;;;;;+2/p-4. The molecule has 2 aromatic carbocycles. The van der Waals surface area contributed by atoms with E-state index in [1.807, 2.05) is 0 Å². The Morgan fingerprint density at radius 2 is 0.920 bits per heavy atom. The van der Waals surface area contributed by atoms with E-state index in [9.17, 15) is 0 Å². The van der Waals surface area contributed by atoms with Gasteiger partial charge in [-0.05, 0) is 24.3 Å². The fourth-order valence-corrected chi connectivity index (χ4v) is 2.02. The molecule has 0 saturated heterocycles.